The monoisotopic (exact) mass is 635 g/mol. The van der Waals surface area contributed by atoms with Crippen molar-refractivity contribution in [2.75, 3.05) is 43.1 Å². The van der Waals surface area contributed by atoms with E-state index in [0.717, 1.165) is 37.1 Å². The largest absolute Gasteiger partial charge is 0.354 e. The fourth-order valence-corrected chi connectivity index (χ4v) is 8.28. The highest BCUT2D eigenvalue weighted by Crippen LogP contribution is 2.39. The molecule has 3 aromatic rings. The summed E-state index contributed by atoms with van der Waals surface area (Å²) >= 11 is 0. The van der Waals surface area contributed by atoms with E-state index in [-0.39, 0.29) is 23.9 Å². The van der Waals surface area contributed by atoms with Crippen LogP contribution in [0.5, 0.6) is 0 Å². The number of benzene rings is 3. The van der Waals surface area contributed by atoms with Gasteiger partial charge < -0.3 is 10.6 Å². The smallest absolute Gasteiger partial charge is 0.258 e. The van der Waals surface area contributed by atoms with Crippen LogP contribution in [0, 0.1) is 0 Å². The highest BCUT2D eigenvalue weighted by Gasteiger charge is 2.32. The summed E-state index contributed by atoms with van der Waals surface area (Å²) in [5.74, 6) is -0.326. The van der Waals surface area contributed by atoms with Crippen LogP contribution in [0.15, 0.2) is 77.7 Å². The van der Waals surface area contributed by atoms with Gasteiger partial charge in [0.15, 0.2) is 0 Å². The van der Waals surface area contributed by atoms with Gasteiger partial charge in [0.1, 0.15) is 0 Å². The van der Waals surface area contributed by atoms with Gasteiger partial charge in [-0.25, -0.2) is 25.9 Å². The van der Waals surface area contributed by atoms with Gasteiger partial charge in [0, 0.05) is 42.6 Å². The number of nitrogens with one attached hydrogen (secondary N) is 3. The van der Waals surface area contributed by atoms with Crippen molar-refractivity contribution in [3.05, 3.63) is 89.5 Å². The summed E-state index contributed by atoms with van der Waals surface area (Å²) in [5, 5.41) is 6.35. The van der Waals surface area contributed by atoms with Gasteiger partial charge in [-0.2, -0.15) is 0 Å². The zero-order valence-electron chi connectivity index (χ0n) is 24.6. The van der Waals surface area contributed by atoms with E-state index < -0.39 is 26.1 Å². The molecule has 3 heterocycles. The molecule has 12 heteroatoms. The molecule has 44 heavy (non-hydrogen) atoms. The van der Waals surface area contributed by atoms with Crippen LogP contribution in [0.4, 0.5) is 11.4 Å². The minimum Gasteiger partial charge on any atom is -0.354 e. The molecule has 0 unspecified atom stereocenters. The van der Waals surface area contributed by atoms with Crippen molar-refractivity contribution in [3.8, 4) is 0 Å². The third-order valence-corrected chi connectivity index (χ3v) is 11.3. The Labute approximate surface area is 259 Å². The second kappa shape index (κ2) is 12.4. The molecule has 0 saturated carbocycles. The molecule has 3 aliphatic rings. The number of hydrogen-bond donors (Lipinski definition) is 3. The number of rotatable bonds is 9. The van der Waals surface area contributed by atoms with Gasteiger partial charge in [0.2, 0.25) is 20.0 Å². The van der Waals surface area contributed by atoms with E-state index >= 15 is 0 Å². The van der Waals surface area contributed by atoms with Crippen molar-refractivity contribution in [1.82, 2.24) is 13.9 Å². The van der Waals surface area contributed by atoms with Gasteiger partial charge in [-0.15, -0.1) is 0 Å². The zero-order valence-corrected chi connectivity index (χ0v) is 26.3. The predicted molar refractivity (Wildman–Crippen MR) is 173 cm³/mol. The van der Waals surface area contributed by atoms with E-state index in [4.69, 9.17) is 0 Å². The van der Waals surface area contributed by atoms with Gasteiger partial charge >= 0.3 is 0 Å². The van der Waals surface area contributed by atoms with Gasteiger partial charge in [-0.1, -0.05) is 42.5 Å². The van der Waals surface area contributed by atoms with Gasteiger partial charge in [0.25, 0.3) is 5.91 Å². The summed E-state index contributed by atoms with van der Waals surface area (Å²) in [6.45, 7) is 3.66. The SMILES string of the molecule is CS(=O)(=O)N1CCC(NS(=O)(=O)c2ccc3c(c2)/C(=C(/Nc2ccc(CN4CCCC4)cc2)c2ccccc2)C(=O)N3)CC1. The first kappa shape index (κ1) is 30.5. The molecule has 6 rings (SSSR count). The Morgan fingerprint density at radius 2 is 1.57 bits per heavy atom. The molecule has 2 fully saturated rings. The molecule has 0 atom stereocenters. The van der Waals surface area contributed by atoms with E-state index in [9.17, 15) is 21.6 Å². The molecule has 0 spiro atoms. The number of amides is 1. The Morgan fingerprint density at radius 1 is 0.886 bits per heavy atom. The van der Waals surface area contributed by atoms with E-state index in [1.54, 1.807) is 6.07 Å². The number of hydrogen-bond acceptors (Lipinski definition) is 7. The molecule has 10 nitrogen and oxygen atoms in total. The number of sulfonamides is 2. The highest BCUT2D eigenvalue weighted by molar-refractivity contribution is 7.89. The van der Waals surface area contributed by atoms with Crippen molar-refractivity contribution in [2.24, 2.45) is 0 Å². The maximum Gasteiger partial charge on any atom is 0.258 e. The number of carbonyl (C=O) groups is 1. The molecule has 3 N–H and O–H groups in total. The highest BCUT2D eigenvalue weighted by atomic mass is 32.2. The standard InChI is InChI=1S/C32H37N5O5S2/c1-43(39,40)37-19-15-26(16-20-37)35-44(41,42)27-13-14-29-28(21-27)30(32(38)34-29)31(24-7-3-2-4-8-24)33-25-11-9-23(10-12-25)22-36-17-5-6-18-36/h2-4,7-14,21,26,33,35H,5-6,15-20,22H2,1H3,(H,34,38)/b31-30-. The van der Waals surface area contributed by atoms with Crippen molar-refractivity contribution in [2.45, 2.75) is 43.2 Å². The molecule has 0 aromatic heterocycles. The van der Waals surface area contributed by atoms with Crippen LogP contribution in [-0.2, 0) is 31.4 Å². The number of carbonyl (C=O) groups excluding carboxylic acids is 1. The zero-order chi connectivity index (χ0) is 30.9. The summed E-state index contributed by atoms with van der Waals surface area (Å²) in [5.41, 5.74) is 4.77. The lowest BCUT2D eigenvalue weighted by Crippen LogP contribution is -2.46. The summed E-state index contributed by atoms with van der Waals surface area (Å²) in [6.07, 6.45) is 4.39. The number of likely N-dealkylation sites (tertiary alicyclic amines) is 1. The number of fused-ring (bicyclic) bond motifs is 1. The van der Waals surface area contributed by atoms with Crippen LogP contribution in [0.1, 0.15) is 42.4 Å². The molecule has 232 valence electrons. The van der Waals surface area contributed by atoms with Gasteiger partial charge in [-0.3, -0.25) is 9.69 Å². The fourth-order valence-electron chi connectivity index (χ4n) is 6.08. The molecule has 3 aromatic carbocycles. The Balaban J connectivity index is 1.29. The first-order valence-corrected chi connectivity index (χ1v) is 18.2. The number of piperidine rings is 1. The summed E-state index contributed by atoms with van der Waals surface area (Å²) in [4.78, 5) is 15.9. The summed E-state index contributed by atoms with van der Waals surface area (Å²) in [7, 11) is -7.26. The minimum absolute atomic E-state index is 0.0365. The lowest BCUT2D eigenvalue weighted by atomic mass is 10.00. The molecule has 0 radical (unpaired) electrons. The second-order valence-corrected chi connectivity index (χ2v) is 15.3. The van der Waals surface area contributed by atoms with Crippen LogP contribution in [0.25, 0.3) is 11.3 Å². The maximum absolute atomic E-state index is 13.5. The first-order valence-electron chi connectivity index (χ1n) is 14.9. The molecular weight excluding hydrogens is 599 g/mol. The number of nitrogens with zero attached hydrogens (tertiary/aromatic N) is 2. The van der Waals surface area contributed by atoms with Crippen molar-refractivity contribution in [1.29, 1.82) is 0 Å². The molecule has 2 saturated heterocycles. The van der Waals surface area contributed by atoms with Crippen molar-refractivity contribution < 1.29 is 21.6 Å². The maximum atomic E-state index is 13.5. The van der Waals surface area contributed by atoms with Crippen LogP contribution in [0.3, 0.4) is 0 Å². The summed E-state index contributed by atoms with van der Waals surface area (Å²) in [6, 6.07) is 21.9. The topological polar surface area (TPSA) is 128 Å². The van der Waals surface area contributed by atoms with Crippen LogP contribution < -0.4 is 15.4 Å². The molecule has 3 aliphatic heterocycles. The molecule has 0 aliphatic carbocycles. The molecular formula is C32H37N5O5S2. The Morgan fingerprint density at radius 3 is 2.23 bits per heavy atom. The van der Waals surface area contributed by atoms with Gasteiger partial charge in [-0.05, 0) is 80.2 Å². The van der Waals surface area contributed by atoms with E-state index in [1.807, 2.05) is 42.5 Å². The lowest BCUT2D eigenvalue weighted by molar-refractivity contribution is -0.110. The van der Waals surface area contributed by atoms with Crippen molar-refractivity contribution >= 4 is 48.6 Å². The van der Waals surface area contributed by atoms with E-state index in [1.165, 1.54) is 34.8 Å². The summed E-state index contributed by atoms with van der Waals surface area (Å²) < 4.78 is 54.8. The third kappa shape index (κ3) is 6.74. The van der Waals surface area contributed by atoms with Crippen molar-refractivity contribution in [3.63, 3.8) is 0 Å². The van der Waals surface area contributed by atoms with Crippen LogP contribution >= 0.6 is 0 Å². The Kier molecular flexibility index (Phi) is 8.62. The van der Waals surface area contributed by atoms with E-state index in [2.05, 4.69) is 32.4 Å². The first-order chi connectivity index (χ1) is 21.1. The predicted octanol–water partition coefficient (Wildman–Crippen LogP) is 3.92. The molecule has 1 amide bonds. The average Bonchev–Trinajstić information content (AvgIpc) is 3.63. The average molecular weight is 636 g/mol. The quantitative estimate of drug-likeness (QED) is 0.304. The number of anilines is 2. The Bertz CT molecular complexity index is 1780. The van der Waals surface area contributed by atoms with Gasteiger partial charge in [0.05, 0.1) is 22.4 Å². The van der Waals surface area contributed by atoms with E-state index in [0.29, 0.717) is 35.4 Å². The third-order valence-electron chi connectivity index (χ3n) is 8.43. The van der Waals surface area contributed by atoms with Crippen LogP contribution in [0.2, 0.25) is 0 Å². The normalized spacial score (nSPS) is 19.5. The Hall–Kier alpha value is -3.55. The fraction of sp³-hybridized carbons (Fsp3) is 0.344. The lowest BCUT2D eigenvalue weighted by Gasteiger charge is -2.30. The minimum atomic E-state index is -3.94. The molecule has 0 bridgehead atoms. The van der Waals surface area contributed by atoms with Crippen LogP contribution in [-0.4, -0.2) is 70.4 Å². The second-order valence-electron chi connectivity index (χ2n) is 11.6.